The summed E-state index contributed by atoms with van der Waals surface area (Å²) in [6.45, 7) is 7.93. The zero-order valence-corrected chi connectivity index (χ0v) is 10.7. The Kier molecular flexibility index (Phi) is 3.30. The molecule has 2 rings (SSSR count). The van der Waals surface area contributed by atoms with Crippen LogP contribution in [0.4, 0.5) is 0 Å². The smallest absolute Gasteiger partial charge is 0.0626 e. The van der Waals surface area contributed by atoms with Crippen LogP contribution < -0.4 is 5.73 Å². The minimum absolute atomic E-state index is 0.134. The average Bonchev–Trinajstić information content (AvgIpc) is 2.99. The third kappa shape index (κ3) is 2.76. The maximum atomic E-state index is 9.50. The Bertz CT molecular complexity index is 250. The minimum atomic E-state index is -0.340. The number of nitrogens with zero attached hydrogens (tertiary/aromatic N) is 1. The monoisotopic (exact) mass is 226 g/mol. The Morgan fingerprint density at radius 2 is 2.12 bits per heavy atom. The summed E-state index contributed by atoms with van der Waals surface area (Å²) in [5.41, 5.74) is 6.41. The van der Waals surface area contributed by atoms with Gasteiger partial charge in [-0.25, -0.2) is 0 Å². The molecule has 0 spiro atoms. The number of likely N-dealkylation sites (tertiary alicyclic amines) is 1. The van der Waals surface area contributed by atoms with Gasteiger partial charge in [-0.1, -0.05) is 13.8 Å². The minimum Gasteiger partial charge on any atom is -0.394 e. The van der Waals surface area contributed by atoms with Crippen molar-refractivity contribution in [1.82, 2.24) is 4.90 Å². The summed E-state index contributed by atoms with van der Waals surface area (Å²) in [7, 11) is 0. The Hall–Kier alpha value is -0.120. The van der Waals surface area contributed by atoms with Gasteiger partial charge in [0.1, 0.15) is 0 Å². The summed E-state index contributed by atoms with van der Waals surface area (Å²) >= 11 is 0. The topological polar surface area (TPSA) is 49.5 Å². The molecule has 1 atom stereocenters. The Morgan fingerprint density at radius 1 is 1.44 bits per heavy atom. The van der Waals surface area contributed by atoms with E-state index in [2.05, 4.69) is 18.7 Å². The van der Waals surface area contributed by atoms with E-state index in [1.165, 1.54) is 25.7 Å². The summed E-state index contributed by atoms with van der Waals surface area (Å²) in [5, 5.41) is 9.50. The Labute approximate surface area is 99.0 Å². The van der Waals surface area contributed by atoms with Crippen molar-refractivity contribution in [3.8, 4) is 0 Å². The molecule has 94 valence electrons. The molecule has 3 N–H and O–H groups in total. The zero-order chi connectivity index (χ0) is 11.8. The van der Waals surface area contributed by atoms with Gasteiger partial charge >= 0.3 is 0 Å². The quantitative estimate of drug-likeness (QED) is 0.757. The molecule has 1 heterocycles. The molecular formula is C13H26N2O. The fourth-order valence-electron chi connectivity index (χ4n) is 3.06. The standard InChI is InChI=1S/C13H26N2O/c1-12(2)6-3-7-15(8-12)9-13(14,10-16)11-4-5-11/h11,16H,3-10,14H2,1-2H3. The lowest BCUT2D eigenvalue weighted by Crippen LogP contribution is -2.57. The number of nitrogens with two attached hydrogens (primary N) is 1. The lowest BCUT2D eigenvalue weighted by molar-refractivity contribution is 0.0657. The van der Waals surface area contributed by atoms with Crippen LogP contribution in [0.15, 0.2) is 0 Å². The molecule has 16 heavy (non-hydrogen) atoms. The molecule has 0 aromatic carbocycles. The maximum Gasteiger partial charge on any atom is 0.0626 e. The highest BCUT2D eigenvalue weighted by molar-refractivity contribution is 5.01. The number of hydrogen-bond donors (Lipinski definition) is 2. The Balaban J connectivity index is 1.92. The number of aliphatic hydroxyl groups excluding tert-OH is 1. The Morgan fingerprint density at radius 3 is 2.62 bits per heavy atom. The molecule has 1 aliphatic carbocycles. The van der Waals surface area contributed by atoms with Crippen molar-refractivity contribution in [1.29, 1.82) is 0 Å². The number of piperidine rings is 1. The summed E-state index contributed by atoms with van der Waals surface area (Å²) in [6, 6.07) is 0. The van der Waals surface area contributed by atoms with Crippen LogP contribution in [-0.2, 0) is 0 Å². The SMILES string of the molecule is CC1(C)CCCN(CC(N)(CO)C2CC2)C1. The molecule has 2 aliphatic rings. The molecule has 0 bridgehead atoms. The second-order valence-electron chi connectivity index (χ2n) is 6.64. The predicted molar refractivity (Wildman–Crippen MR) is 66.2 cm³/mol. The molecule has 3 heteroatoms. The van der Waals surface area contributed by atoms with Crippen LogP contribution in [0, 0.1) is 11.3 Å². The van der Waals surface area contributed by atoms with E-state index in [9.17, 15) is 5.11 Å². The first-order chi connectivity index (χ1) is 7.45. The molecule has 1 aliphatic heterocycles. The van der Waals surface area contributed by atoms with Crippen molar-refractivity contribution in [2.24, 2.45) is 17.1 Å². The number of aliphatic hydroxyl groups is 1. The van der Waals surface area contributed by atoms with Gasteiger partial charge in [0.15, 0.2) is 0 Å². The fraction of sp³-hybridized carbons (Fsp3) is 1.00. The molecule has 0 amide bonds. The first-order valence-electron chi connectivity index (χ1n) is 6.57. The molecule has 2 fully saturated rings. The van der Waals surface area contributed by atoms with Crippen LogP contribution in [0.1, 0.15) is 39.5 Å². The molecular weight excluding hydrogens is 200 g/mol. The van der Waals surface area contributed by atoms with Crippen LogP contribution in [-0.4, -0.2) is 41.8 Å². The van der Waals surface area contributed by atoms with E-state index >= 15 is 0 Å². The summed E-state index contributed by atoms with van der Waals surface area (Å²) in [4.78, 5) is 2.46. The van der Waals surface area contributed by atoms with E-state index in [0.717, 1.165) is 19.6 Å². The van der Waals surface area contributed by atoms with Gasteiger partial charge in [0.2, 0.25) is 0 Å². The van der Waals surface area contributed by atoms with Gasteiger partial charge in [-0.2, -0.15) is 0 Å². The zero-order valence-electron chi connectivity index (χ0n) is 10.7. The highest BCUT2D eigenvalue weighted by Crippen LogP contribution is 2.39. The molecule has 1 unspecified atom stereocenters. The average molecular weight is 226 g/mol. The third-order valence-corrected chi connectivity index (χ3v) is 4.18. The van der Waals surface area contributed by atoms with Gasteiger partial charge in [0, 0.05) is 13.1 Å². The van der Waals surface area contributed by atoms with E-state index in [1.807, 2.05) is 0 Å². The van der Waals surface area contributed by atoms with Crippen molar-refractivity contribution < 1.29 is 5.11 Å². The highest BCUT2D eigenvalue weighted by atomic mass is 16.3. The van der Waals surface area contributed by atoms with E-state index in [4.69, 9.17) is 5.73 Å². The van der Waals surface area contributed by atoms with E-state index < -0.39 is 0 Å². The molecule has 1 saturated carbocycles. The highest BCUT2D eigenvalue weighted by Gasteiger charge is 2.43. The lowest BCUT2D eigenvalue weighted by Gasteiger charge is -2.42. The normalized spacial score (nSPS) is 30.0. The lowest BCUT2D eigenvalue weighted by atomic mass is 9.83. The van der Waals surface area contributed by atoms with E-state index in [1.54, 1.807) is 0 Å². The first kappa shape index (κ1) is 12.3. The summed E-state index contributed by atoms with van der Waals surface area (Å²) in [5.74, 6) is 0.558. The first-order valence-corrected chi connectivity index (χ1v) is 6.57. The van der Waals surface area contributed by atoms with Crippen LogP contribution in [0.3, 0.4) is 0 Å². The summed E-state index contributed by atoms with van der Waals surface area (Å²) < 4.78 is 0. The van der Waals surface area contributed by atoms with Gasteiger partial charge in [-0.15, -0.1) is 0 Å². The second kappa shape index (κ2) is 4.28. The van der Waals surface area contributed by atoms with Crippen LogP contribution >= 0.6 is 0 Å². The van der Waals surface area contributed by atoms with E-state index in [0.29, 0.717) is 11.3 Å². The maximum absolute atomic E-state index is 9.50. The van der Waals surface area contributed by atoms with Gasteiger partial charge < -0.3 is 15.7 Å². The molecule has 0 aromatic heterocycles. The number of rotatable bonds is 4. The largest absolute Gasteiger partial charge is 0.394 e. The molecule has 3 nitrogen and oxygen atoms in total. The summed E-state index contributed by atoms with van der Waals surface area (Å²) in [6.07, 6.45) is 4.98. The van der Waals surface area contributed by atoms with Crippen LogP contribution in [0.2, 0.25) is 0 Å². The molecule has 0 radical (unpaired) electrons. The fourth-order valence-corrected chi connectivity index (χ4v) is 3.06. The van der Waals surface area contributed by atoms with Gasteiger partial charge in [0.05, 0.1) is 12.1 Å². The van der Waals surface area contributed by atoms with Crippen LogP contribution in [0.5, 0.6) is 0 Å². The van der Waals surface area contributed by atoms with E-state index in [-0.39, 0.29) is 12.1 Å². The van der Waals surface area contributed by atoms with Crippen molar-refractivity contribution in [2.45, 2.75) is 45.1 Å². The van der Waals surface area contributed by atoms with Gasteiger partial charge in [-0.3, -0.25) is 0 Å². The molecule has 1 saturated heterocycles. The molecule has 0 aromatic rings. The van der Waals surface area contributed by atoms with Gasteiger partial charge in [-0.05, 0) is 43.6 Å². The van der Waals surface area contributed by atoms with Crippen molar-refractivity contribution in [3.63, 3.8) is 0 Å². The third-order valence-electron chi connectivity index (χ3n) is 4.18. The van der Waals surface area contributed by atoms with Crippen molar-refractivity contribution in [2.75, 3.05) is 26.2 Å². The predicted octanol–water partition coefficient (Wildman–Crippen LogP) is 1.21. The van der Waals surface area contributed by atoms with Crippen molar-refractivity contribution >= 4 is 0 Å². The van der Waals surface area contributed by atoms with Crippen molar-refractivity contribution in [3.05, 3.63) is 0 Å². The second-order valence-corrected chi connectivity index (χ2v) is 6.64. The van der Waals surface area contributed by atoms with Crippen LogP contribution in [0.25, 0.3) is 0 Å². The van der Waals surface area contributed by atoms with Gasteiger partial charge in [0.25, 0.3) is 0 Å². The number of hydrogen-bond acceptors (Lipinski definition) is 3.